The Hall–Kier alpha value is -3.30. The van der Waals surface area contributed by atoms with Crippen molar-refractivity contribution in [3.05, 3.63) is 65.6 Å². The van der Waals surface area contributed by atoms with Crippen LogP contribution in [0.15, 0.2) is 54.4 Å². The first-order chi connectivity index (χ1) is 16.7. The fourth-order valence-corrected chi connectivity index (χ4v) is 4.82. The smallest absolute Gasteiger partial charge is 0.260 e. The van der Waals surface area contributed by atoms with Gasteiger partial charge in [0.1, 0.15) is 25.1 Å². The zero-order valence-electron chi connectivity index (χ0n) is 20.6. The van der Waals surface area contributed by atoms with Crippen molar-refractivity contribution < 1.29 is 28.9 Å². The second-order valence-electron chi connectivity index (χ2n) is 9.96. The van der Waals surface area contributed by atoms with E-state index < -0.39 is 14.1 Å². The normalized spacial score (nSPS) is 17.6. The van der Waals surface area contributed by atoms with Gasteiger partial charge in [-0.3, -0.25) is 19.4 Å². The van der Waals surface area contributed by atoms with Gasteiger partial charge < -0.3 is 19.3 Å². The second kappa shape index (κ2) is 10.1. The lowest BCUT2D eigenvalue weighted by Gasteiger charge is -2.26. The van der Waals surface area contributed by atoms with Crippen LogP contribution < -0.4 is 14.4 Å². The lowest BCUT2D eigenvalue weighted by molar-refractivity contribution is -0.123. The summed E-state index contributed by atoms with van der Waals surface area (Å²) in [5.41, 5.74) is 1.66. The standard InChI is InChI=1S/C26H32N2O6Si/c1-32-23-13-20-21(14-24(23)34-16-18-8-6-5-7-9-18)28(17-33-10-11-35(2,3)4)26(31)22-12-19(29)15-27(22)25(20)30/h5-9,13-15,22,29H,10-12,16-17H2,1-4H3/t22-/m0/s1. The van der Waals surface area contributed by atoms with Gasteiger partial charge in [-0.25, -0.2) is 0 Å². The summed E-state index contributed by atoms with van der Waals surface area (Å²) >= 11 is 0. The van der Waals surface area contributed by atoms with Gasteiger partial charge in [0.25, 0.3) is 11.8 Å². The highest BCUT2D eigenvalue weighted by atomic mass is 28.3. The molecule has 9 heteroatoms. The maximum absolute atomic E-state index is 13.6. The highest BCUT2D eigenvalue weighted by Crippen LogP contribution is 2.40. The van der Waals surface area contributed by atoms with Crippen molar-refractivity contribution in [1.29, 1.82) is 0 Å². The molecule has 2 heterocycles. The average Bonchev–Trinajstić information content (AvgIpc) is 3.20. The van der Waals surface area contributed by atoms with Gasteiger partial charge in [0.2, 0.25) is 0 Å². The van der Waals surface area contributed by atoms with E-state index in [0.717, 1.165) is 11.6 Å². The quantitative estimate of drug-likeness (QED) is 0.405. The van der Waals surface area contributed by atoms with E-state index in [1.165, 1.54) is 23.1 Å². The van der Waals surface area contributed by atoms with Crippen molar-refractivity contribution in [3.63, 3.8) is 0 Å². The number of carbonyl (C=O) groups is 2. The molecule has 0 aromatic heterocycles. The summed E-state index contributed by atoms with van der Waals surface area (Å²) in [6.07, 6.45) is 1.40. The van der Waals surface area contributed by atoms with E-state index in [-0.39, 0.29) is 36.3 Å². The van der Waals surface area contributed by atoms with Gasteiger partial charge in [-0.2, -0.15) is 0 Å². The fraction of sp³-hybridized carbons (Fsp3) is 0.385. The number of anilines is 1. The van der Waals surface area contributed by atoms with Crippen LogP contribution >= 0.6 is 0 Å². The number of aliphatic hydroxyl groups excluding tert-OH is 1. The third kappa shape index (κ3) is 5.52. The van der Waals surface area contributed by atoms with Gasteiger partial charge in [-0.05, 0) is 17.7 Å². The summed E-state index contributed by atoms with van der Waals surface area (Å²) < 4.78 is 17.5. The monoisotopic (exact) mass is 496 g/mol. The van der Waals surface area contributed by atoms with Gasteiger partial charge in [0.05, 0.1) is 18.4 Å². The Morgan fingerprint density at radius 2 is 1.83 bits per heavy atom. The van der Waals surface area contributed by atoms with E-state index in [1.807, 2.05) is 30.3 Å². The first-order valence-corrected chi connectivity index (χ1v) is 15.4. The number of hydrogen-bond acceptors (Lipinski definition) is 6. The summed E-state index contributed by atoms with van der Waals surface area (Å²) in [6, 6.07) is 13.1. The fourth-order valence-electron chi connectivity index (χ4n) is 4.06. The number of benzene rings is 2. The summed E-state index contributed by atoms with van der Waals surface area (Å²) in [4.78, 5) is 29.8. The van der Waals surface area contributed by atoms with Crippen LogP contribution in [0.1, 0.15) is 22.3 Å². The predicted molar refractivity (Wildman–Crippen MR) is 136 cm³/mol. The largest absolute Gasteiger partial charge is 0.511 e. The number of aliphatic hydroxyl groups is 1. The molecule has 2 aliphatic rings. The lowest BCUT2D eigenvalue weighted by Crippen LogP contribution is -2.45. The number of carbonyl (C=O) groups excluding carboxylic acids is 2. The minimum absolute atomic E-state index is 0.000844. The molecule has 0 saturated heterocycles. The lowest BCUT2D eigenvalue weighted by atomic mass is 10.1. The molecule has 186 valence electrons. The second-order valence-corrected chi connectivity index (χ2v) is 15.6. The van der Waals surface area contributed by atoms with Crippen LogP contribution in [-0.4, -0.2) is 56.4 Å². The van der Waals surface area contributed by atoms with Crippen molar-refractivity contribution in [2.45, 2.75) is 44.8 Å². The molecule has 4 rings (SSSR count). The first-order valence-electron chi connectivity index (χ1n) is 11.7. The number of ether oxygens (including phenoxy) is 3. The van der Waals surface area contributed by atoms with E-state index >= 15 is 0 Å². The molecule has 0 unspecified atom stereocenters. The van der Waals surface area contributed by atoms with E-state index in [0.29, 0.717) is 30.4 Å². The molecule has 0 bridgehead atoms. The van der Waals surface area contributed by atoms with Crippen LogP contribution in [0, 0.1) is 0 Å². The van der Waals surface area contributed by atoms with Gasteiger partial charge in [-0.15, -0.1) is 0 Å². The Kier molecular flexibility index (Phi) is 7.18. The maximum atomic E-state index is 13.6. The van der Waals surface area contributed by atoms with Crippen molar-refractivity contribution in [3.8, 4) is 11.5 Å². The van der Waals surface area contributed by atoms with Gasteiger partial charge in [0.15, 0.2) is 11.5 Å². The minimum Gasteiger partial charge on any atom is -0.511 e. The van der Waals surface area contributed by atoms with Crippen molar-refractivity contribution in [2.75, 3.05) is 25.3 Å². The molecule has 2 aromatic rings. The van der Waals surface area contributed by atoms with Crippen LogP contribution in [0.25, 0.3) is 0 Å². The molecule has 1 atom stereocenters. The van der Waals surface area contributed by atoms with E-state index in [2.05, 4.69) is 19.6 Å². The molecule has 2 amide bonds. The number of amides is 2. The van der Waals surface area contributed by atoms with Crippen molar-refractivity contribution in [1.82, 2.24) is 4.90 Å². The minimum atomic E-state index is -1.32. The SMILES string of the molecule is COc1cc2c(cc1OCc1ccccc1)N(COCC[Si](C)(C)C)C(=O)[C@@H]1CC(O)=CN1C2=O. The Bertz CT molecular complexity index is 1130. The van der Waals surface area contributed by atoms with E-state index in [4.69, 9.17) is 14.2 Å². The van der Waals surface area contributed by atoms with Crippen LogP contribution in [0.2, 0.25) is 25.7 Å². The Balaban J connectivity index is 1.69. The average molecular weight is 497 g/mol. The van der Waals surface area contributed by atoms with Gasteiger partial charge >= 0.3 is 0 Å². The Morgan fingerprint density at radius 3 is 2.51 bits per heavy atom. The maximum Gasteiger partial charge on any atom is 0.260 e. The highest BCUT2D eigenvalue weighted by Gasteiger charge is 2.43. The number of methoxy groups -OCH3 is 1. The molecule has 0 aliphatic carbocycles. The third-order valence-corrected chi connectivity index (χ3v) is 7.77. The first kappa shape index (κ1) is 24.8. The number of fused-ring (bicyclic) bond motifs is 2. The zero-order chi connectivity index (χ0) is 25.2. The zero-order valence-corrected chi connectivity index (χ0v) is 21.6. The predicted octanol–water partition coefficient (Wildman–Crippen LogP) is 4.55. The number of hydrogen-bond donors (Lipinski definition) is 1. The van der Waals surface area contributed by atoms with Gasteiger partial charge in [-0.1, -0.05) is 50.0 Å². The Morgan fingerprint density at radius 1 is 1.09 bits per heavy atom. The van der Waals surface area contributed by atoms with E-state index in [1.54, 1.807) is 12.1 Å². The number of rotatable bonds is 9. The summed E-state index contributed by atoms with van der Waals surface area (Å²) in [7, 11) is 0.188. The summed E-state index contributed by atoms with van der Waals surface area (Å²) in [5, 5.41) is 10.1. The molecule has 8 nitrogen and oxygen atoms in total. The Labute approximate surface area is 206 Å². The van der Waals surface area contributed by atoms with Crippen LogP contribution in [-0.2, 0) is 16.1 Å². The highest BCUT2D eigenvalue weighted by molar-refractivity contribution is 6.76. The third-order valence-electron chi connectivity index (χ3n) is 6.07. The molecule has 2 aliphatic heterocycles. The van der Waals surface area contributed by atoms with Crippen molar-refractivity contribution in [2.24, 2.45) is 0 Å². The van der Waals surface area contributed by atoms with Crippen molar-refractivity contribution >= 4 is 25.6 Å². The molecule has 35 heavy (non-hydrogen) atoms. The van der Waals surface area contributed by atoms with Crippen LogP contribution in [0.4, 0.5) is 5.69 Å². The molecular formula is C26H32N2O6Si. The topological polar surface area (TPSA) is 88.5 Å². The molecule has 0 saturated carbocycles. The number of nitrogens with zero attached hydrogens (tertiary/aromatic N) is 2. The molecule has 0 radical (unpaired) electrons. The molecule has 1 N–H and O–H groups in total. The molecular weight excluding hydrogens is 464 g/mol. The molecule has 0 fully saturated rings. The van der Waals surface area contributed by atoms with Crippen LogP contribution in [0.5, 0.6) is 11.5 Å². The van der Waals surface area contributed by atoms with Crippen LogP contribution in [0.3, 0.4) is 0 Å². The summed E-state index contributed by atoms with van der Waals surface area (Å²) in [6.45, 7) is 7.60. The molecule has 2 aromatic carbocycles. The molecule has 0 spiro atoms. The summed E-state index contributed by atoms with van der Waals surface area (Å²) in [5.74, 6) is 0.0909. The van der Waals surface area contributed by atoms with E-state index in [9.17, 15) is 14.7 Å². The van der Waals surface area contributed by atoms with Gasteiger partial charge in [0, 0.05) is 33.4 Å².